The van der Waals surface area contributed by atoms with Crippen LogP contribution in [-0.4, -0.2) is 36.6 Å². The minimum Gasteiger partial charge on any atom is -0.385 e. The molecule has 1 aromatic heterocycles. The summed E-state index contributed by atoms with van der Waals surface area (Å²) in [5.74, 6) is 0.190. The van der Waals surface area contributed by atoms with Gasteiger partial charge in [0.25, 0.3) is 5.91 Å². The second kappa shape index (κ2) is 6.72. The van der Waals surface area contributed by atoms with Gasteiger partial charge in [-0.3, -0.25) is 4.79 Å². The van der Waals surface area contributed by atoms with E-state index in [0.29, 0.717) is 17.4 Å². The normalized spacial score (nSPS) is 14.4. The maximum absolute atomic E-state index is 12.0. The van der Waals surface area contributed by atoms with Gasteiger partial charge >= 0.3 is 0 Å². The van der Waals surface area contributed by atoms with Gasteiger partial charge in [-0.1, -0.05) is 0 Å². The molecule has 0 unspecified atom stereocenters. The Bertz CT molecular complexity index is 431. The van der Waals surface area contributed by atoms with Crippen LogP contribution in [0.4, 0.5) is 10.8 Å². The highest BCUT2D eigenvalue weighted by atomic mass is 32.1. The second-order valence-corrected chi connectivity index (χ2v) is 5.42. The molecule has 0 radical (unpaired) electrons. The molecule has 19 heavy (non-hydrogen) atoms. The van der Waals surface area contributed by atoms with Crippen molar-refractivity contribution in [1.82, 2.24) is 9.69 Å². The molecule has 2 rings (SSSR count). The Balaban J connectivity index is 1.87. The zero-order valence-electron chi connectivity index (χ0n) is 11.1. The van der Waals surface area contributed by atoms with Gasteiger partial charge in [-0.15, -0.1) is 0 Å². The number of rotatable bonds is 8. The molecule has 0 saturated heterocycles. The highest BCUT2D eigenvalue weighted by Crippen LogP contribution is 2.28. The summed E-state index contributed by atoms with van der Waals surface area (Å²) in [4.78, 5) is 12.0. The summed E-state index contributed by atoms with van der Waals surface area (Å²) < 4.78 is 9.04. The van der Waals surface area contributed by atoms with Crippen LogP contribution in [0.2, 0.25) is 0 Å². The van der Waals surface area contributed by atoms with E-state index in [1.54, 1.807) is 7.11 Å². The van der Waals surface area contributed by atoms with Crippen molar-refractivity contribution in [3.63, 3.8) is 0 Å². The SMILES string of the molecule is COCCCCNc1snc(N)c1C(=O)NC1CC1. The van der Waals surface area contributed by atoms with E-state index in [4.69, 9.17) is 10.5 Å². The third-order valence-electron chi connectivity index (χ3n) is 2.92. The van der Waals surface area contributed by atoms with Crippen LogP contribution < -0.4 is 16.4 Å². The molecule has 0 spiro atoms. The summed E-state index contributed by atoms with van der Waals surface area (Å²) in [6, 6.07) is 0.321. The van der Waals surface area contributed by atoms with Gasteiger partial charge in [0.2, 0.25) is 0 Å². The number of amides is 1. The molecule has 7 heteroatoms. The third-order valence-corrected chi connectivity index (χ3v) is 3.74. The molecular weight excluding hydrogens is 264 g/mol. The Morgan fingerprint density at radius 3 is 3.00 bits per heavy atom. The summed E-state index contributed by atoms with van der Waals surface area (Å²) in [6.45, 7) is 1.54. The summed E-state index contributed by atoms with van der Waals surface area (Å²) in [5, 5.41) is 6.92. The molecule has 0 aromatic carbocycles. The maximum Gasteiger partial charge on any atom is 0.258 e. The molecule has 0 bridgehead atoms. The summed E-state index contributed by atoms with van der Waals surface area (Å²) in [5.41, 5.74) is 6.26. The smallest absolute Gasteiger partial charge is 0.258 e. The van der Waals surface area contributed by atoms with Crippen LogP contribution >= 0.6 is 11.5 Å². The molecule has 1 aliphatic rings. The van der Waals surface area contributed by atoms with Gasteiger partial charge in [-0.25, -0.2) is 0 Å². The van der Waals surface area contributed by atoms with Crippen molar-refractivity contribution in [2.24, 2.45) is 0 Å². The van der Waals surface area contributed by atoms with E-state index in [9.17, 15) is 4.79 Å². The molecule has 106 valence electrons. The average Bonchev–Trinajstić information content (AvgIpc) is 3.11. The van der Waals surface area contributed by atoms with Crippen LogP contribution in [-0.2, 0) is 4.74 Å². The van der Waals surface area contributed by atoms with Crippen molar-refractivity contribution in [3.05, 3.63) is 5.56 Å². The molecule has 1 fully saturated rings. The van der Waals surface area contributed by atoms with Crippen molar-refractivity contribution >= 4 is 28.3 Å². The van der Waals surface area contributed by atoms with Crippen LogP contribution in [0.1, 0.15) is 36.0 Å². The fourth-order valence-corrected chi connectivity index (χ4v) is 2.44. The highest BCUT2D eigenvalue weighted by molar-refractivity contribution is 7.11. The largest absolute Gasteiger partial charge is 0.385 e. The summed E-state index contributed by atoms with van der Waals surface area (Å²) >= 11 is 1.24. The monoisotopic (exact) mass is 284 g/mol. The number of unbranched alkanes of at least 4 members (excludes halogenated alkanes) is 1. The zero-order valence-corrected chi connectivity index (χ0v) is 11.9. The highest BCUT2D eigenvalue weighted by Gasteiger charge is 2.27. The van der Waals surface area contributed by atoms with Gasteiger partial charge in [0, 0.05) is 26.3 Å². The molecule has 1 aromatic rings. The number of nitrogens with two attached hydrogens (primary N) is 1. The van der Waals surface area contributed by atoms with E-state index >= 15 is 0 Å². The van der Waals surface area contributed by atoms with Gasteiger partial charge in [-0.2, -0.15) is 4.37 Å². The van der Waals surface area contributed by atoms with Crippen LogP contribution in [0, 0.1) is 0 Å². The first-order valence-electron chi connectivity index (χ1n) is 6.51. The topological polar surface area (TPSA) is 89.3 Å². The standard InChI is InChI=1S/C12H20N4O2S/c1-18-7-3-2-6-14-12-9(10(13)16-19-12)11(17)15-8-4-5-8/h8,14H,2-7H2,1H3,(H2,13,16)(H,15,17). The van der Waals surface area contributed by atoms with Gasteiger partial charge in [-0.05, 0) is 37.2 Å². The average molecular weight is 284 g/mol. The third kappa shape index (κ3) is 4.07. The van der Waals surface area contributed by atoms with Crippen LogP contribution in [0.15, 0.2) is 0 Å². The minimum absolute atomic E-state index is 0.117. The first-order valence-corrected chi connectivity index (χ1v) is 7.28. The Morgan fingerprint density at radius 2 is 2.32 bits per heavy atom. The predicted molar refractivity (Wildman–Crippen MR) is 76.6 cm³/mol. The lowest BCUT2D eigenvalue weighted by atomic mass is 10.2. The molecular formula is C12H20N4O2S. The van der Waals surface area contributed by atoms with Crippen molar-refractivity contribution in [1.29, 1.82) is 0 Å². The molecule has 0 aliphatic heterocycles. The Labute approximate surface area is 116 Å². The van der Waals surface area contributed by atoms with Crippen LogP contribution in [0.25, 0.3) is 0 Å². The van der Waals surface area contributed by atoms with E-state index in [1.807, 2.05) is 0 Å². The quantitative estimate of drug-likeness (QED) is 0.629. The zero-order chi connectivity index (χ0) is 13.7. The molecule has 0 atom stereocenters. The lowest BCUT2D eigenvalue weighted by Crippen LogP contribution is -2.26. The van der Waals surface area contributed by atoms with Gasteiger partial charge in [0.15, 0.2) is 5.82 Å². The summed E-state index contributed by atoms with van der Waals surface area (Å²) in [7, 11) is 1.69. The van der Waals surface area contributed by atoms with E-state index in [-0.39, 0.29) is 5.91 Å². The first kappa shape index (κ1) is 14.1. The summed E-state index contributed by atoms with van der Waals surface area (Å²) in [6.07, 6.45) is 4.09. The van der Waals surface area contributed by atoms with E-state index < -0.39 is 0 Å². The number of anilines is 2. The van der Waals surface area contributed by atoms with Crippen molar-refractivity contribution in [2.45, 2.75) is 31.7 Å². The molecule has 1 aliphatic carbocycles. The number of ether oxygens (including phenoxy) is 1. The Hall–Kier alpha value is -1.34. The number of nitrogens with zero attached hydrogens (tertiary/aromatic N) is 1. The number of nitrogens with one attached hydrogen (secondary N) is 2. The number of methoxy groups -OCH3 is 1. The number of hydrogen-bond donors (Lipinski definition) is 3. The maximum atomic E-state index is 12.0. The van der Waals surface area contributed by atoms with Crippen LogP contribution in [0.3, 0.4) is 0 Å². The number of carbonyl (C=O) groups is 1. The number of aromatic nitrogens is 1. The molecule has 1 saturated carbocycles. The second-order valence-electron chi connectivity index (χ2n) is 4.65. The van der Waals surface area contributed by atoms with Gasteiger partial charge < -0.3 is 21.1 Å². The van der Waals surface area contributed by atoms with E-state index in [2.05, 4.69) is 15.0 Å². The number of nitrogen functional groups attached to an aromatic ring is 1. The lowest BCUT2D eigenvalue weighted by molar-refractivity contribution is 0.0953. The first-order chi connectivity index (χ1) is 9.22. The number of carbonyl (C=O) groups excluding carboxylic acids is 1. The fourth-order valence-electron chi connectivity index (χ4n) is 1.70. The van der Waals surface area contributed by atoms with Crippen molar-refractivity contribution < 1.29 is 9.53 Å². The van der Waals surface area contributed by atoms with E-state index in [1.165, 1.54) is 11.5 Å². The van der Waals surface area contributed by atoms with Gasteiger partial charge in [0.1, 0.15) is 10.6 Å². The molecule has 1 amide bonds. The van der Waals surface area contributed by atoms with Crippen LogP contribution in [0.5, 0.6) is 0 Å². The van der Waals surface area contributed by atoms with Crippen molar-refractivity contribution in [3.8, 4) is 0 Å². The Morgan fingerprint density at radius 1 is 1.53 bits per heavy atom. The number of hydrogen-bond acceptors (Lipinski definition) is 6. The lowest BCUT2D eigenvalue weighted by Gasteiger charge is -2.07. The van der Waals surface area contributed by atoms with Gasteiger partial charge in [0.05, 0.1) is 0 Å². The molecule has 1 heterocycles. The molecule has 4 N–H and O–H groups in total. The fraction of sp³-hybridized carbons (Fsp3) is 0.667. The van der Waals surface area contributed by atoms with E-state index in [0.717, 1.165) is 43.8 Å². The van der Waals surface area contributed by atoms with Crippen molar-refractivity contribution in [2.75, 3.05) is 31.3 Å². The predicted octanol–water partition coefficient (Wildman–Crippen LogP) is 1.46. The molecule has 6 nitrogen and oxygen atoms in total. The minimum atomic E-state index is -0.117. The Kier molecular flexibility index (Phi) is 4.98.